The van der Waals surface area contributed by atoms with Crippen molar-refractivity contribution in [2.45, 2.75) is 77.2 Å². The van der Waals surface area contributed by atoms with Crippen LogP contribution in [0.3, 0.4) is 0 Å². The molecule has 0 aromatic heterocycles. The third-order valence-electron chi connectivity index (χ3n) is 3.89. The minimum Gasteiger partial charge on any atom is -0.389 e. The van der Waals surface area contributed by atoms with Crippen molar-refractivity contribution in [3.8, 4) is 0 Å². The van der Waals surface area contributed by atoms with Gasteiger partial charge in [-0.15, -0.1) is 0 Å². The maximum absolute atomic E-state index is 9.81. The molecule has 1 atom stereocenters. The first-order chi connectivity index (χ1) is 10.7. The van der Waals surface area contributed by atoms with Crippen molar-refractivity contribution in [2.75, 3.05) is 33.7 Å². The van der Waals surface area contributed by atoms with Crippen molar-refractivity contribution in [1.82, 2.24) is 10.2 Å². The SMILES string of the molecule is CCCC/C=C\C(O)CCCCCCCNCCCN(C)C. The summed E-state index contributed by atoms with van der Waals surface area (Å²) in [5.41, 5.74) is 0. The Balaban J connectivity index is 3.18. The molecule has 0 rings (SSSR count). The number of rotatable bonds is 16. The molecule has 0 saturated heterocycles. The molecule has 2 N–H and O–H groups in total. The molecule has 0 fully saturated rings. The number of aliphatic hydroxyl groups is 1. The fraction of sp³-hybridized carbons (Fsp3) is 0.895. The van der Waals surface area contributed by atoms with Crippen LogP contribution in [0.2, 0.25) is 0 Å². The standard InChI is InChI=1S/C19H40N2O/c1-4-5-6-10-14-19(22)15-11-8-7-9-12-16-20-17-13-18-21(2)3/h10,14,19-20,22H,4-9,11-13,15-18H2,1-3H3/b14-10-. The lowest BCUT2D eigenvalue weighted by Gasteiger charge is -2.09. The van der Waals surface area contributed by atoms with Crippen molar-refractivity contribution >= 4 is 0 Å². The van der Waals surface area contributed by atoms with Crippen molar-refractivity contribution in [3.63, 3.8) is 0 Å². The molecule has 0 radical (unpaired) electrons. The van der Waals surface area contributed by atoms with Gasteiger partial charge in [-0.3, -0.25) is 0 Å². The Kier molecular flexibility index (Phi) is 16.7. The van der Waals surface area contributed by atoms with Crippen LogP contribution in [0.1, 0.15) is 71.1 Å². The van der Waals surface area contributed by atoms with Gasteiger partial charge < -0.3 is 15.3 Å². The number of hydrogen-bond donors (Lipinski definition) is 2. The molecule has 0 aromatic carbocycles. The summed E-state index contributed by atoms with van der Waals surface area (Å²) < 4.78 is 0. The van der Waals surface area contributed by atoms with Crippen LogP contribution < -0.4 is 5.32 Å². The normalized spacial score (nSPS) is 13.3. The van der Waals surface area contributed by atoms with E-state index in [1.807, 2.05) is 6.08 Å². The Morgan fingerprint density at radius 1 is 0.955 bits per heavy atom. The molecule has 0 aliphatic rings. The summed E-state index contributed by atoms with van der Waals surface area (Å²) >= 11 is 0. The van der Waals surface area contributed by atoms with Crippen molar-refractivity contribution < 1.29 is 5.11 Å². The molecule has 3 heteroatoms. The van der Waals surface area contributed by atoms with Gasteiger partial charge in [0.15, 0.2) is 0 Å². The number of aliphatic hydroxyl groups excluding tert-OH is 1. The summed E-state index contributed by atoms with van der Waals surface area (Å²) in [6.45, 7) is 5.65. The summed E-state index contributed by atoms with van der Waals surface area (Å²) in [7, 11) is 4.25. The second-order valence-electron chi connectivity index (χ2n) is 6.60. The quantitative estimate of drug-likeness (QED) is 0.334. The molecular weight excluding hydrogens is 272 g/mol. The maximum atomic E-state index is 9.81. The number of nitrogens with zero attached hydrogens (tertiary/aromatic N) is 1. The Labute approximate surface area is 139 Å². The fourth-order valence-electron chi connectivity index (χ4n) is 2.45. The number of nitrogens with one attached hydrogen (secondary N) is 1. The van der Waals surface area contributed by atoms with E-state index in [9.17, 15) is 5.11 Å². The van der Waals surface area contributed by atoms with Crippen LogP contribution in [0.25, 0.3) is 0 Å². The largest absolute Gasteiger partial charge is 0.389 e. The third kappa shape index (κ3) is 17.7. The van der Waals surface area contributed by atoms with Gasteiger partial charge in [-0.1, -0.05) is 57.6 Å². The van der Waals surface area contributed by atoms with E-state index in [0.717, 1.165) is 32.4 Å². The molecule has 3 nitrogen and oxygen atoms in total. The summed E-state index contributed by atoms with van der Waals surface area (Å²) in [5.74, 6) is 0. The minimum absolute atomic E-state index is 0.227. The molecule has 0 saturated carbocycles. The third-order valence-corrected chi connectivity index (χ3v) is 3.89. The highest BCUT2D eigenvalue weighted by Crippen LogP contribution is 2.08. The predicted octanol–water partition coefficient (Wildman–Crippen LogP) is 3.98. The molecule has 0 aliphatic carbocycles. The topological polar surface area (TPSA) is 35.5 Å². The van der Waals surface area contributed by atoms with Crippen LogP contribution in [0.4, 0.5) is 0 Å². The molecule has 0 spiro atoms. The van der Waals surface area contributed by atoms with E-state index < -0.39 is 0 Å². The first kappa shape index (κ1) is 21.6. The first-order valence-corrected chi connectivity index (χ1v) is 9.37. The summed E-state index contributed by atoms with van der Waals surface area (Å²) in [6.07, 6.45) is 15.9. The zero-order valence-corrected chi connectivity index (χ0v) is 15.3. The second-order valence-corrected chi connectivity index (χ2v) is 6.60. The van der Waals surface area contributed by atoms with Crippen LogP contribution in [-0.4, -0.2) is 49.8 Å². The molecule has 0 bridgehead atoms. The van der Waals surface area contributed by atoms with E-state index in [-0.39, 0.29) is 6.10 Å². The van der Waals surface area contributed by atoms with E-state index in [2.05, 4.69) is 37.3 Å². The molecule has 22 heavy (non-hydrogen) atoms. The van der Waals surface area contributed by atoms with Crippen LogP contribution in [0.15, 0.2) is 12.2 Å². The summed E-state index contributed by atoms with van der Waals surface area (Å²) in [5, 5.41) is 13.3. The first-order valence-electron chi connectivity index (χ1n) is 9.37. The highest BCUT2D eigenvalue weighted by atomic mass is 16.3. The minimum atomic E-state index is -0.227. The molecule has 0 aliphatic heterocycles. The Morgan fingerprint density at radius 3 is 2.36 bits per heavy atom. The molecule has 132 valence electrons. The molecule has 0 aromatic rings. The van der Waals surface area contributed by atoms with Crippen LogP contribution in [-0.2, 0) is 0 Å². The highest BCUT2D eigenvalue weighted by molar-refractivity contribution is 4.88. The zero-order valence-electron chi connectivity index (χ0n) is 15.3. The molecular formula is C19H40N2O. The van der Waals surface area contributed by atoms with Gasteiger partial charge in [0.25, 0.3) is 0 Å². The van der Waals surface area contributed by atoms with E-state index in [4.69, 9.17) is 0 Å². The van der Waals surface area contributed by atoms with Gasteiger partial charge in [0.05, 0.1) is 6.10 Å². The van der Waals surface area contributed by atoms with Crippen LogP contribution >= 0.6 is 0 Å². The lowest BCUT2D eigenvalue weighted by molar-refractivity contribution is 0.207. The Hall–Kier alpha value is -0.380. The maximum Gasteiger partial charge on any atom is 0.0720 e. The smallest absolute Gasteiger partial charge is 0.0720 e. The van der Waals surface area contributed by atoms with E-state index >= 15 is 0 Å². The molecule has 1 unspecified atom stereocenters. The van der Waals surface area contributed by atoms with E-state index in [1.165, 1.54) is 51.5 Å². The Morgan fingerprint density at radius 2 is 1.64 bits per heavy atom. The highest BCUT2D eigenvalue weighted by Gasteiger charge is 1.98. The van der Waals surface area contributed by atoms with Crippen molar-refractivity contribution in [3.05, 3.63) is 12.2 Å². The van der Waals surface area contributed by atoms with Crippen molar-refractivity contribution in [2.24, 2.45) is 0 Å². The van der Waals surface area contributed by atoms with Gasteiger partial charge in [0, 0.05) is 0 Å². The van der Waals surface area contributed by atoms with Gasteiger partial charge in [-0.2, -0.15) is 0 Å². The van der Waals surface area contributed by atoms with Crippen molar-refractivity contribution in [1.29, 1.82) is 0 Å². The summed E-state index contributed by atoms with van der Waals surface area (Å²) in [6, 6.07) is 0. The van der Waals surface area contributed by atoms with Crippen LogP contribution in [0, 0.1) is 0 Å². The average molecular weight is 313 g/mol. The lowest BCUT2D eigenvalue weighted by Crippen LogP contribution is -2.22. The fourth-order valence-corrected chi connectivity index (χ4v) is 2.45. The monoisotopic (exact) mass is 312 g/mol. The lowest BCUT2D eigenvalue weighted by atomic mass is 10.1. The number of hydrogen-bond acceptors (Lipinski definition) is 3. The second kappa shape index (κ2) is 17.0. The van der Waals surface area contributed by atoms with Gasteiger partial charge >= 0.3 is 0 Å². The van der Waals surface area contributed by atoms with Gasteiger partial charge in [-0.05, 0) is 59.4 Å². The predicted molar refractivity (Wildman–Crippen MR) is 98.4 cm³/mol. The Bertz CT molecular complexity index is 242. The van der Waals surface area contributed by atoms with Gasteiger partial charge in [0.2, 0.25) is 0 Å². The zero-order chi connectivity index (χ0) is 16.5. The van der Waals surface area contributed by atoms with Crippen LogP contribution in [0.5, 0.6) is 0 Å². The summed E-state index contributed by atoms with van der Waals surface area (Å²) in [4.78, 5) is 2.23. The molecule has 0 amide bonds. The molecule has 0 heterocycles. The van der Waals surface area contributed by atoms with E-state index in [0.29, 0.717) is 0 Å². The average Bonchev–Trinajstić information content (AvgIpc) is 2.49. The number of unbranched alkanes of at least 4 members (excludes halogenated alkanes) is 6. The van der Waals surface area contributed by atoms with E-state index in [1.54, 1.807) is 0 Å². The van der Waals surface area contributed by atoms with Gasteiger partial charge in [-0.25, -0.2) is 0 Å². The number of allylic oxidation sites excluding steroid dienone is 1. The van der Waals surface area contributed by atoms with Gasteiger partial charge in [0.1, 0.15) is 0 Å².